The predicted molar refractivity (Wildman–Crippen MR) is 120 cm³/mol. The Morgan fingerprint density at radius 2 is 1.68 bits per heavy atom. The molecule has 1 aromatic heterocycles. The van der Waals surface area contributed by atoms with Crippen LogP contribution in [0.3, 0.4) is 0 Å². The lowest BCUT2D eigenvalue weighted by atomic mass is 10.1. The van der Waals surface area contributed by atoms with E-state index in [-0.39, 0.29) is 5.91 Å². The third-order valence-corrected chi connectivity index (χ3v) is 5.70. The number of nitrogens with one attached hydrogen (secondary N) is 1. The molecule has 0 spiro atoms. The lowest BCUT2D eigenvalue weighted by molar-refractivity contribution is -0.121. The number of amides is 1. The van der Waals surface area contributed by atoms with Gasteiger partial charge < -0.3 is 9.73 Å². The van der Waals surface area contributed by atoms with E-state index in [1.54, 1.807) is 0 Å². The molecule has 31 heavy (non-hydrogen) atoms. The summed E-state index contributed by atoms with van der Waals surface area (Å²) in [5.41, 5.74) is 4.50. The first-order valence-corrected chi connectivity index (χ1v) is 11.1. The van der Waals surface area contributed by atoms with Crippen molar-refractivity contribution in [2.24, 2.45) is 0 Å². The molecule has 6 heteroatoms. The van der Waals surface area contributed by atoms with E-state index in [0.717, 1.165) is 17.7 Å². The lowest BCUT2D eigenvalue weighted by Crippen LogP contribution is -2.29. The molecular formula is C25H30N4O2. The number of nitrogens with zero attached hydrogens (tertiary/aromatic N) is 3. The standard InChI is InChI=1S/C25H30N4O2/c1-19-5-11-22(12-6-19)25-28-27-24(31-25)14-13-23(30)26-17-20-7-9-21(10-8-20)18-29-15-3-2-4-16-29/h5-12H,2-4,13-18H2,1H3,(H,26,30). The van der Waals surface area contributed by atoms with Crippen molar-refractivity contribution >= 4 is 5.91 Å². The van der Waals surface area contributed by atoms with Gasteiger partial charge in [0.1, 0.15) is 0 Å². The molecule has 0 bridgehead atoms. The van der Waals surface area contributed by atoms with Crippen LogP contribution in [-0.2, 0) is 24.3 Å². The van der Waals surface area contributed by atoms with Gasteiger partial charge in [0.15, 0.2) is 0 Å². The van der Waals surface area contributed by atoms with Crippen LogP contribution in [0.5, 0.6) is 0 Å². The van der Waals surface area contributed by atoms with Crippen molar-refractivity contribution in [1.82, 2.24) is 20.4 Å². The molecule has 1 N–H and O–H groups in total. The Bertz CT molecular complexity index is 974. The zero-order chi connectivity index (χ0) is 21.5. The van der Waals surface area contributed by atoms with Crippen LogP contribution < -0.4 is 5.32 Å². The molecule has 162 valence electrons. The van der Waals surface area contributed by atoms with Crippen molar-refractivity contribution in [3.05, 3.63) is 71.1 Å². The molecule has 1 saturated heterocycles. The van der Waals surface area contributed by atoms with Crippen LogP contribution in [0, 0.1) is 6.92 Å². The van der Waals surface area contributed by atoms with Crippen LogP contribution in [0.15, 0.2) is 52.9 Å². The van der Waals surface area contributed by atoms with Crippen molar-refractivity contribution in [3.8, 4) is 11.5 Å². The average Bonchev–Trinajstić information content (AvgIpc) is 3.27. The molecule has 0 saturated carbocycles. The lowest BCUT2D eigenvalue weighted by Gasteiger charge is -2.26. The van der Waals surface area contributed by atoms with Crippen LogP contribution >= 0.6 is 0 Å². The second-order valence-electron chi connectivity index (χ2n) is 8.30. The number of likely N-dealkylation sites (tertiary alicyclic amines) is 1. The summed E-state index contributed by atoms with van der Waals surface area (Å²) < 4.78 is 5.69. The molecule has 4 rings (SSSR count). The summed E-state index contributed by atoms with van der Waals surface area (Å²) in [6.45, 7) is 5.98. The van der Waals surface area contributed by atoms with Crippen LogP contribution in [0.25, 0.3) is 11.5 Å². The summed E-state index contributed by atoms with van der Waals surface area (Å²) in [6.07, 6.45) is 4.72. The molecule has 3 aromatic rings. The van der Waals surface area contributed by atoms with E-state index in [1.165, 1.54) is 43.5 Å². The highest BCUT2D eigenvalue weighted by atomic mass is 16.4. The molecule has 1 fully saturated rings. The minimum absolute atomic E-state index is 0.0209. The number of hydrogen-bond donors (Lipinski definition) is 1. The molecular weight excluding hydrogens is 388 g/mol. The Morgan fingerprint density at radius 1 is 0.968 bits per heavy atom. The summed E-state index contributed by atoms with van der Waals surface area (Å²) >= 11 is 0. The highest BCUT2D eigenvalue weighted by molar-refractivity contribution is 5.76. The van der Waals surface area contributed by atoms with Gasteiger partial charge in [-0.1, -0.05) is 48.4 Å². The maximum Gasteiger partial charge on any atom is 0.247 e. The third-order valence-electron chi connectivity index (χ3n) is 5.70. The number of rotatable bonds is 8. The first-order valence-electron chi connectivity index (χ1n) is 11.1. The molecule has 0 unspecified atom stereocenters. The van der Waals surface area contributed by atoms with Crippen molar-refractivity contribution < 1.29 is 9.21 Å². The number of aromatic nitrogens is 2. The Labute approximate surface area is 183 Å². The van der Waals surface area contributed by atoms with Crippen LogP contribution in [0.4, 0.5) is 0 Å². The van der Waals surface area contributed by atoms with Gasteiger partial charge in [-0.05, 0) is 56.1 Å². The molecule has 2 heterocycles. The Hall–Kier alpha value is -2.99. The van der Waals surface area contributed by atoms with Gasteiger partial charge in [0.05, 0.1) is 0 Å². The van der Waals surface area contributed by atoms with E-state index < -0.39 is 0 Å². The van der Waals surface area contributed by atoms with E-state index in [2.05, 4.69) is 44.7 Å². The molecule has 2 aromatic carbocycles. The molecule has 6 nitrogen and oxygen atoms in total. The number of hydrogen-bond acceptors (Lipinski definition) is 5. The fourth-order valence-electron chi connectivity index (χ4n) is 3.82. The summed E-state index contributed by atoms with van der Waals surface area (Å²) in [7, 11) is 0. The van der Waals surface area contributed by atoms with Crippen LogP contribution in [-0.4, -0.2) is 34.1 Å². The quantitative estimate of drug-likeness (QED) is 0.591. The van der Waals surface area contributed by atoms with Gasteiger partial charge in [0.25, 0.3) is 0 Å². The summed E-state index contributed by atoms with van der Waals surface area (Å²) in [5.74, 6) is 0.945. The molecule has 1 aliphatic heterocycles. The Kier molecular flexibility index (Phi) is 7.10. The Morgan fingerprint density at radius 3 is 2.42 bits per heavy atom. The van der Waals surface area contributed by atoms with E-state index >= 15 is 0 Å². The van der Waals surface area contributed by atoms with E-state index in [4.69, 9.17) is 4.42 Å². The van der Waals surface area contributed by atoms with Crippen molar-refractivity contribution in [1.29, 1.82) is 0 Å². The first-order chi connectivity index (χ1) is 15.2. The number of aryl methyl sites for hydroxylation is 2. The van der Waals surface area contributed by atoms with E-state index in [0.29, 0.717) is 31.2 Å². The van der Waals surface area contributed by atoms with Crippen molar-refractivity contribution in [3.63, 3.8) is 0 Å². The number of carbonyl (C=O) groups is 1. The maximum atomic E-state index is 12.2. The topological polar surface area (TPSA) is 71.3 Å². The molecule has 1 amide bonds. The normalized spacial score (nSPS) is 14.5. The number of benzene rings is 2. The third kappa shape index (κ3) is 6.25. The summed E-state index contributed by atoms with van der Waals surface area (Å²) in [5, 5.41) is 11.1. The van der Waals surface area contributed by atoms with Gasteiger partial charge in [-0.3, -0.25) is 9.69 Å². The first kappa shape index (κ1) is 21.2. The molecule has 0 aliphatic carbocycles. The average molecular weight is 419 g/mol. The van der Waals surface area contributed by atoms with Crippen LogP contribution in [0.2, 0.25) is 0 Å². The highest BCUT2D eigenvalue weighted by Gasteiger charge is 2.12. The minimum atomic E-state index is -0.0209. The highest BCUT2D eigenvalue weighted by Crippen LogP contribution is 2.19. The van der Waals surface area contributed by atoms with Crippen molar-refractivity contribution in [2.75, 3.05) is 13.1 Å². The molecule has 0 atom stereocenters. The van der Waals surface area contributed by atoms with E-state index in [9.17, 15) is 4.79 Å². The summed E-state index contributed by atoms with van der Waals surface area (Å²) in [6, 6.07) is 16.5. The monoisotopic (exact) mass is 418 g/mol. The van der Waals surface area contributed by atoms with Gasteiger partial charge in [-0.15, -0.1) is 10.2 Å². The SMILES string of the molecule is Cc1ccc(-c2nnc(CCC(=O)NCc3ccc(CN4CCCCC4)cc3)o2)cc1. The smallest absolute Gasteiger partial charge is 0.247 e. The minimum Gasteiger partial charge on any atom is -0.421 e. The van der Waals surface area contributed by atoms with Gasteiger partial charge in [-0.25, -0.2) is 0 Å². The zero-order valence-corrected chi connectivity index (χ0v) is 18.1. The molecule has 0 radical (unpaired) electrons. The maximum absolute atomic E-state index is 12.2. The predicted octanol–water partition coefficient (Wildman–Crippen LogP) is 4.28. The van der Waals surface area contributed by atoms with Gasteiger partial charge in [0, 0.05) is 31.5 Å². The fourth-order valence-corrected chi connectivity index (χ4v) is 3.82. The van der Waals surface area contributed by atoms with E-state index in [1.807, 2.05) is 31.2 Å². The van der Waals surface area contributed by atoms with Gasteiger partial charge in [-0.2, -0.15) is 0 Å². The second-order valence-corrected chi connectivity index (χ2v) is 8.30. The number of piperidine rings is 1. The zero-order valence-electron chi connectivity index (χ0n) is 18.1. The summed E-state index contributed by atoms with van der Waals surface area (Å²) in [4.78, 5) is 14.7. The van der Waals surface area contributed by atoms with Crippen LogP contribution in [0.1, 0.15) is 48.3 Å². The molecule has 1 aliphatic rings. The number of carbonyl (C=O) groups excluding carboxylic acids is 1. The fraction of sp³-hybridized carbons (Fsp3) is 0.400. The second kappa shape index (κ2) is 10.4. The van der Waals surface area contributed by atoms with Crippen molar-refractivity contribution in [2.45, 2.75) is 52.1 Å². The Balaban J connectivity index is 1.20. The van der Waals surface area contributed by atoms with Gasteiger partial charge >= 0.3 is 0 Å². The van der Waals surface area contributed by atoms with Gasteiger partial charge in [0.2, 0.25) is 17.7 Å². The largest absolute Gasteiger partial charge is 0.421 e.